The standard InChI is InChI=1S/C25H39N3O4/c1-18(2)8-13-26-24(29)19-9-14-27(15-10-19)20-11-16-28(17-12-20)25(30)23-21(31-3)6-5-7-22(23)32-4/h5-7,18-20H,8-17H2,1-4H3,(H,26,29). The number of piperidine rings is 2. The minimum Gasteiger partial charge on any atom is -0.496 e. The summed E-state index contributed by atoms with van der Waals surface area (Å²) in [5, 5.41) is 3.11. The van der Waals surface area contributed by atoms with Gasteiger partial charge in [0.2, 0.25) is 5.91 Å². The molecule has 3 rings (SSSR count). The molecule has 1 N–H and O–H groups in total. The van der Waals surface area contributed by atoms with E-state index in [9.17, 15) is 9.59 Å². The topological polar surface area (TPSA) is 71.1 Å². The van der Waals surface area contributed by atoms with E-state index < -0.39 is 0 Å². The summed E-state index contributed by atoms with van der Waals surface area (Å²) in [4.78, 5) is 30.0. The molecule has 2 saturated heterocycles. The van der Waals surface area contributed by atoms with Gasteiger partial charge in [-0.2, -0.15) is 0 Å². The van der Waals surface area contributed by atoms with Gasteiger partial charge < -0.3 is 24.6 Å². The number of nitrogens with zero attached hydrogens (tertiary/aromatic N) is 2. The second-order valence-electron chi connectivity index (χ2n) is 9.34. The Morgan fingerprint density at radius 2 is 1.59 bits per heavy atom. The number of carbonyl (C=O) groups excluding carboxylic acids is 2. The van der Waals surface area contributed by atoms with Crippen molar-refractivity contribution in [2.24, 2.45) is 11.8 Å². The molecule has 2 aliphatic rings. The second-order valence-corrected chi connectivity index (χ2v) is 9.34. The van der Waals surface area contributed by atoms with Gasteiger partial charge in [-0.15, -0.1) is 0 Å². The number of carbonyl (C=O) groups is 2. The van der Waals surface area contributed by atoms with Gasteiger partial charge in [0, 0.05) is 31.6 Å². The lowest BCUT2D eigenvalue weighted by molar-refractivity contribution is -0.126. The summed E-state index contributed by atoms with van der Waals surface area (Å²) in [7, 11) is 3.15. The molecular formula is C25H39N3O4. The van der Waals surface area contributed by atoms with Gasteiger partial charge in [0.05, 0.1) is 14.2 Å². The first-order chi connectivity index (χ1) is 15.4. The minimum atomic E-state index is -0.0328. The summed E-state index contributed by atoms with van der Waals surface area (Å²) in [6.45, 7) is 8.50. The third-order valence-corrected chi connectivity index (χ3v) is 6.83. The fraction of sp³-hybridized carbons (Fsp3) is 0.680. The maximum Gasteiger partial charge on any atom is 0.261 e. The SMILES string of the molecule is COc1cccc(OC)c1C(=O)N1CCC(N2CCC(C(=O)NCCC(C)C)CC2)CC1. The number of likely N-dealkylation sites (tertiary alicyclic amines) is 2. The number of hydrogen-bond donors (Lipinski definition) is 1. The van der Waals surface area contributed by atoms with Crippen LogP contribution in [-0.4, -0.2) is 74.6 Å². The lowest BCUT2D eigenvalue weighted by Gasteiger charge is -2.41. The minimum absolute atomic E-state index is 0.0328. The maximum absolute atomic E-state index is 13.2. The van der Waals surface area contributed by atoms with Crippen LogP contribution in [0.1, 0.15) is 56.3 Å². The molecule has 2 heterocycles. The molecule has 2 fully saturated rings. The highest BCUT2D eigenvalue weighted by Gasteiger charge is 2.33. The van der Waals surface area contributed by atoms with Gasteiger partial charge in [0.15, 0.2) is 0 Å². The lowest BCUT2D eigenvalue weighted by atomic mass is 9.92. The summed E-state index contributed by atoms with van der Waals surface area (Å²) in [5.74, 6) is 2.03. The Bertz CT molecular complexity index is 744. The van der Waals surface area contributed by atoms with E-state index in [1.54, 1.807) is 26.4 Å². The Morgan fingerprint density at radius 3 is 2.12 bits per heavy atom. The molecule has 0 aromatic heterocycles. The van der Waals surface area contributed by atoms with Crippen molar-refractivity contribution >= 4 is 11.8 Å². The summed E-state index contributed by atoms with van der Waals surface area (Å²) in [6, 6.07) is 5.90. The monoisotopic (exact) mass is 445 g/mol. The third-order valence-electron chi connectivity index (χ3n) is 6.83. The van der Waals surface area contributed by atoms with Crippen LogP contribution >= 0.6 is 0 Å². The Labute approximate surface area is 192 Å². The smallest absolute Gasteiger partial charge is 0.261 e. The van der Waals surface area contributed by atoms with Gasteiger partial charge in [-0.1, -0.05) is 19.9 Å². The average Bonchev–Trinajstić information content (AvgIpc) is 2.83. The Hall–Kier alpha value is -2.28. The van der Waals surface area contributed by atoms with E-state index in [2.05, 4.69) is 24.1 Å². The molecule has 7 heteroatoms. The zero-order valence-electron chi connectivity index (χ0n) is 20.1. The number of rotatable bonds is 8. The number of ether oxygens (including phenoxy) is 2. The van der Waals surface area contributed by atoms with E-state index in [1.807, 2.05) is 11.0 Å². The summed E-state index contributed by atoms with van der Waals surface area (Å²) in [5.41, 5.74) is 0.500. The van der Waals surface area contributed by atoms with Gasteiger partial charge in [-0.25, -0.2) is 0 Å². The normalized spacial score (nSPS) is 18.6. The molecule has 0 atom stereocenters. The predicted octanol–water partition coefficient (Wildman–Crippen LogP) is 3.18. The highest BCUT2D eigenvalue weighted by Crippen LogP contribution is 2.31. The van der Waals surface area contributed by atoms with Gasteiger partial charge in [0.25, 0.3) is 5.91 Å². The van der Waals surface area contributed by atoms with Crippen LogP contribution in [0.15, 0.2) is 18.2 Å². The van der Waals surface area contributed by atoms with Crippen molar-refractivity contribution in [3.05, 3.63) is 23.8 Å². The second kappa shape index (κ2) is 11.5. The van der Waals surface area contributed by atoms with Crippen LogP contribution in [0.2, 0.25) is 0 Å². The van der Waals surface area contributed by atoms with Gasteiger partial charge in [0.1, 0.15) is 17.1 Å². The number of hydrogen-bond acceptors (Lipinski definition) is 5. The molecule has 1 aromatic rings. The van der Waals surface area contributed by atoms with Crippen LogP contribution in [0.5, 0.6) is 11.5 Å². The fourth-order valence-electron chi connectivity index (χ4n) is 4.81. The molecule has 32 heavy (non-hydrogen) atoms. The van der Waals surface area contributed by atoms with Crippen LogP contribution in [-0.2, 0) is 4.79 Å². The van der Waals surface area contributed by atoms with Crippen molar-refractivity contribution in [1.29, 1.82) is 0 Å². The molecule has 178 valence electrons. The van der Waals surface area contributed by atoms with Crippen LogP contribution in [0.4, 0.5) is 0 Å². The Morgan fingerprint density at radius 1 is 1.00 bits per heavy atom. The molecule has 2 amide bonds. The van der Waals surface area contributed by atoms with Gasteiger partial charge in [-0.3, -0.25) is 9.59 Å². The summed E-state index contributed by atoms with van der Waals surface area (Å²) < 4.78 is 10.8. The Balaban J connectivity index is 1.48. The molecular weight excluding hydrogens is 406 g/mol. The Kier molecular flexibility index (Phi) is 8.79. The van der Waals surface area contributed by atoms with E-state index >= 15 is 0 Å². The first-order valence-corrected chi connectivity index (χ1v) is 12.0. The van der Waals surface area contributed by atoms with E-state index in [-0.39, 0.29) is 17.7 Å². The summed E-state index contributed by atoms with van der Waals surface area (Å²) >= 11 is 0. The largest absolute Gasteiger partial charge is 0.496 e. The van der Waals surface area contributed by atoms with Gasteiger partial charge >= 0.3 is 0 Å². The van der Waals surface area contributed by atoms with E-state index in [1.165, 1.54) is 0 Å². The van der Waals surface area contributed by atoms with Crippen LogP contribution in [0.3, 0.4) is 0 Å². The maximum atomic E-state index is 13.2. The molecule has 0 bridgehead atoms. The zero-order chi connectivity index (χ0) is 23.1. The molecule has 0 radical (unpaired) electrons. The highest BCUT2D eigenvalue weighted by atomic mass is 16.5. The molecule has 0 aliphatic carbocycles. The van der Waals surface area contributed by atoms with Crippen molar-refractivity contribution < 1.29 is 19.1 Å². The van der Waals surface area contributed by atoms with Crippen molar-refractivity contribution in [2.45, 2.75) is 52.0 Å². The van der Waals surface area contributed by atoms with Crippen LogP contribution < -0.4 is 14.8 Å². The van der Waals surface area contributed by atoms with Gasteiger partial charge in [-0.05, 0) is 63.2 Å². The first kappa shape index (κ1) is 24.4. The van der Waals surface area contributed by atoms with E-state index in [0.29, 0.717) is 29.0 Å². The van der Waals surface area contributed by atoms with Crippen LogP contribution in [0.25, 0.3) is 0 Å². The zero-order valence-corrected chi connectivity index (χ0v) is 20.1. The molecule has 0 unspecified atom stereocenters. The van der Waals surface area contributed by atoms with Crippen molar-refractivity contribution in [3.63, 3.8) is 0 Å². The van der Waals surface area contributed by atoms with E-state index in [0.717, 1.165) is 64.8 Å². The number of nitrogens with one attached hydrogen (secondary N) is 1. The average molecular weight is 446 g/mol. The molecule has 2 aliphatic heterocycles. The van der Waals surface area contributed by atoms with E-state index in [4.69, 9.17) is 9.47 Å². The molecule has 7 nitrogen and oxygen atoms in total. The van der Waals surface area contributed by atoms with Crippen LogP contribution in [0, 0.1) is 11.8 Å². The van der Waals surface area contributed by atoms with Crippen molar-refractivity contribution in [1.82, 2.24) is 15.1 Å². The summed E-state index contributed by atoms with van der Waals surface area (Å²) in [6.07, 6.45) is 4.78. The number of methoxy groups -OCH3 is 2. The first-order valence-electron chi connectivity index (χ1n) is 12.0. The molecule has 0 saturated carbocycles. The predicted molar refractivity (Wildman–Crippen MR) is 125 cm³/mol. The lowest BCUT2D eigenvalue weighted by Crippen LogP contribution is -2.50. The number of benzene rings is 1. The fourth-order valence-corrected chi connectivity index (χ4v) is 4.81. The molecule has 0 spiro atoms. The number of amides is 2. The van der Waals surface area contributed by atoms with Crippen molar-refractivity contribution in [3.8, 4) is 11.5 Å². The quantitative estimate of drug-likeness (QED) is 0.666. The third kappa shape index (κ3) is 5.94. The highest BCUT2D eigenvalue weighted by molar-refractivity contribution is 5.99. The van der Waals surface area contributed by atoms with Crippen molar-refractivity contribution in [2.75, 3.05) is 46.9 Å². The molecule has 1 aromatic carbocycles.